The first-order valence-corrected chi connectivity index (χ1v) is 16.2. The molecule has 2 amide bonds. The number of anilines is 2. The van der Waals surface area contributed by atoms with E-state index in [-0.39, 0.29) is 11.2 Å². The average molecular weight is 669 g/mol. The predicted molar refractivity (Wildman–Crippen MR) is 198 cm³/mol. The lowest BCUT2D eigenvalue weighted by atomic mass is 9.89. The summed E-state index contributed by atoms with van der Waals surface area (Å²) in [5, 5.41) is 5.45. The fourth-order valence-electron chi connectivity index (χ4n) is 4.32. The molecule has 0 bridgehead atoms. The molecule has 2 N–H and O–H groups in total. The standard InChI is InChI=1S/C20H21NO3.C19H28BNO4/c1-20(2,3)24-19(23)21-18-6-4-5-16(13-18)10-7-15-8-11-17(14-22)12-9-15;1-17(2,3)23-16(22)21-15-10-8-9-14(13-15)11-12-20-24-18(4,5)19(6,7)25-20/h4-14H,1-3H3,(H,21,23);8-13H,1-7H3,(H,21,22)/b10-7+;12-11+. The summed E-state index contributed by atoms with van der Waals surface area (Å²) in [5.74, 6) is 1.88. The van der Waals surface area contributed by atoms with E-state index < -0.39 is 30.5 Å². The van der Waals surface area contributed by atoms with Gasteiger partial charge in [-0.1, -0.05) is 72.7 Å². The summed E-state index contributed by atoms with van der Waals surface area (Å²) in [6.45, 7) is 19.0. The number of ether oxygens (including phenoxy) is 2. The van der Waals surface area contributed by atoms with Crippen LogP contribution < -0.4 is 10.6 Å². The van der Waals surface area contributed by atoms with Gasteiger partial charge in [0.1, 0.15) is 17.5 Å². The van der Waals surface area contributed by atoms with Crippen molar-refractivity contribution < 1.29 is 33.2 Å². The number of nitrogens with one attached hydrogen (secondary N) is 2. The SMILES string of the molecule is CC(C)(C)OC(=O)Nc1cccc(/C=C/B2OC(C)(C)C(C)(C)O2)c1.CC(C)(C)OC(=O)Nc1cccc(/C=C/c2ccc(C=O)cc2)c1. The molecule has 1 fully saturated rings. The molecule has 0 unspecified atom stereocenters. The predicted octanol–water partition coefficient (Wildman–Crippen LogP) is 9.69. The van der Waals surface area contributed by atoms with Crippen molar-refractivity contribution in [2.24, 2.45) is 0 Å². The number of carbonyl (C=O) groups is 3. The van der Waals surface area contributed by atoms with Gasteiger partial charge in [-0.05, 0) is 110 Å². The lowest BCUT2D eigenvalue weighted by Gasteiger charge is -2.32. The van der Waals surface area contributed by atoms with E-state index in [0.29, 0.717) is 16.9 Å². The molecule has 0 atom stereocenters. The Morgan fingerprint density at radius 1 is 0.633 bits per heavy atom. The van der Waals surface area contributed by atoms with E-state index in [1.807, 2.05) is 148 Å². The van der Waals surface area contributed by atoms with Crippen molar-refractivity contribution in [1.82, 2.24) is 0 Å². The zero-order valence-electron chi connectivity index (χ0n) is 30.3. The van der Waals surface area contributed by atoms with E-state index in [1.54, 1.807) is 18.2 Å². The molecule has 1 heterocycles. The van der Waals surface area contributed by atoms with Crippen molar-refractivity contribution in [3.8, 4) is 0 Å². The highest BCUT2D eigenvalue weighted by Crippen LogP contribution is 2.37. The highest BCUT2D eigenvalue weighted by atomic mass is 16.7. The van der Waals surface area contributed by atoms with Gasteiger partial charge in [-0.25, -0.2) is 9.59 Å². The lowest BCUT2D eigenvalue weighted by molar-refractivity contribution is 0.00578. The summed E-state index contributed by atoms with van der Waals surface area (Å²) in [6.07, 6.45) is 5.67. The molecule has 10 heteroatoms. The largest absolute Gasteiger partial charge is 0.487 e. The molecule has 1 aliphatic rings. The first kappa shape index (κ1) is 38.8. The zero-order valence-corrected chi connectivity index (χ0v) is 30.3. The summed E-state index contributed by atoms with van der Waals surface area (Å²) in [6, 6.07) is 22.3. The highest BCUT2D eigenvalue weighted by Gasteiger charge is 2.50. The van der Waals surface area contributed by atoms with Crippen LogP contribution in [0.25, 0.3) is 18.2 Å². The number of amides is 2. The van der Waals surface area contributed by atoms with Gasteiger partial charge >= 0.3 is 19.3 Å². The van der Waals surface area contributed by atoms with Gasteiger partial charge in [0.25, 0.3) is 0 Å². The van der Waals surface area contributed by atoms with Gasteiger partial charge in [-0.15, -0.1) is 0 Å². The van der Waals surface area contributed by atoms with Crippen molar-refractivity contribution in [2.45, 2.75) is 91.6 Å². The summed E-state index contributed by atoms with van der Waals surface area (Å²) >= 11 is 0. The van der Waals surface area contributed by atoms with E-state index >= 15 is 0 Å². The molecule has 0 aromatic heterocycles. The van der Waals surface area contributed by atoms with Crippen LogP contribution in [0, 0.1) is 0 Å². The van der Waals surface area contributed by atoms with E-state index in [0.717, 1.165) is 23.0 Å². The van der Waals surface area contributed by atoms with E-state index in [4.69, 9.17) is 18.8 Å². The fraction of sp³-hybridized carbons (Fsp3) is 0.359. The molecule has 9 nitrogen and oxygen atoms in total. The van der Waals surface area contributed by atoms with Gasteiger partial charge in [0.05, 0.1) is 11.2 Å². The van der Waals surface area contributed by atoms with Crippen molar-refractivity contribution in [1.29, 1.82) is 0 Å². The van der Waals surface area contributed by atoms with Gasteiger partial charge in [0.15, 0.2) is 0 Å². The minimum absolute atomic E-state index is 0.359. The van der Waals surface area contributed by atoms with Crippen LogP contribution in [0.1, 0.15) is 96.3 Å². The average Bonchev–Trinajstić information content (AvgIpc) is 3.19. The normalized spacial score (nSPS) is 15.3. The molecule has 0 spiro atoms. The van der Waals surface area contributed by atoms with Gasteiger partial charge in [-0.3, -0.25) is 15.4 Å². The van der Waals surface area contributed by atoms with Gasteiger partial charge in [-0.2, -0.15) is 0 Å². The number of rotatable bonds is 7. The summed E-state index contributed by atoms with van der Waals surface area (Å²) in [7, 11) is -0.396. The maximum atomic E-state index is 11.9. The molecule has 260 valence electrons. The van der Waals surface area contributed by atoms with Crippen LogP contribution in [0.15, 0.2) is 78.8 Å². The monoisotopic (exact) mass is 668 g/mol. The first-order chi connectivity index (χ1) is 22.7. The molecule has 3 aromatic rings. The Balaban J connectivity index is 0.000000266. The van der Waals surface area contributed by atoms with Crippen LogP contribution in [-0.4, -0.2) is 48.0 Å². The second kappa shape index (κ2) is 16.2. The third-order valence-electron chi connectivity index (χ3n) is 7.32. The fourth-order valence-corrected chi connectivity index (χ4v) is 4.32. The maximum absolute atomic E-state index is 11.9. The summed E-state index contributed by atoms with van der Waals surface area (Å²) in [5.41, 5.74) is 3.08. The Morgan fingerprint density at radius 2 is 1.04 bits per heavy atom. The van der Waals surface area contributed by atoms with Crippen LogP contribution in [0.4, 0.5) is 21.0 Å². The third-order valence-corrected chi connectivity index (χ3v) is 7.32. The molecule has 49 heavy (non-hydrogen) atoms. The van der Waals surface area contributed by atoms with Crippen molar-refractivity contribution >= 4 is 55.2 Å². The minimum atomic E-state index is -0.532. The minimum Gasteiger partial charge on any atom is -0.444 e. The Bertz CT molecular complexity index is 1630. The Morgan fingerprint density at radius 3 is 1.47 bits per heavy atom. The van der Waals surface area contributed by atoms with E-state index in [9.17, 15) is 14.4 Å². The molecule has 1 aliphatic heterocycles. The van der Waals surface area contributed by atoms with Gasteiger partial charge in [0.2, 0.25) is 0 Å². The number of hydrogen-bond acceptors (Lipinski definition) is 7. The maximum Gasteiger partial charge on any atom is 0.487 e. The number of benzene rings is 3. The van der Waals surface area contributed by atoms with Crippen LogP contribution in [0.3, 0.4) is 0 Å². The van der Waals surface area contributed by atoms with Gasteiger partial charge in [0, 0.05) is 16.9 Å². The van der Waals surface area contributed by atoms with Crippen LogP contribution in [0.2, 0.25) is 0 Å². The van der Waals surface area contributed by atoms with Crippen molar-refractivity contribution in [3.05, 3.63) is 101 Å². The van der Waals surface area contributed by atoms with E-state index in [1.165, 1.54) is 0 Å². The molecule has 4 rings (SSSR count). The number of hydrogen-bond donors (Lipinski definition) is 2. The number of aldehydes is 1. The second-order valence-electron chi connectivity index (χ2n) is 14.6. The second-order valence-corrected chi connectivity index (χ2v) is 14.6. The Labute approximate surface area is 291 Å². The Kier molecular flexibility index (Phi) is 12.8. The van der Waals surface area contributed by atoms with Crippen molar-refractivity contribution in [2.75, 3.05) is 10.6 Å². The molecular weight excluding hydrogens is 619 g/mol. The molecule has 0 aliphatic carbocycles. The van der Waals surface area contributed by atoms with Crippen LogP contribution >= 0.6 is 0 Å². The third kappa shape index (κ3) is 13.4. The number of carbonyl (C=O) groups excluding carboxylic acids is 3. The zero-order chi connectivity index (χ0) is 36.5. The molecular formula is C39H49BN2O7. The quantitative estimate of drug-likeness (QED) is 0.146. The Hall–Kier alpha value is -4.67. The van der Waals surface area contributed by atoms with E-state index in [2.05, 4.69) is 10.6 Å². The first-order valence-electron chi connectivity index (χ1n) is 16.2. The van der Waals surface area contributed by atoms with Crippen molar-refractivity contribution in [3.63, 3.8) is 0 Å². The lowest BCUT2D eigenvalue weighted by Crippen LogP contribution is -2.41. The van der Waals surface area contributed by atoms with Crippen LogP contribution in [0.5, 0.6) is 0 Å². The molecule has 3 aromatic carbocycles. The molecule has 0 saturated carbocycles. The molecule has 0 radical (unpaired) electrons. The van der Waals surface area contributed by atoms with Gasteiger partial charge < -0.3 is 18.8 Å². The topological polar surface area (TPSA) is 112 Å². The molecule has 1 saturated heterocycles. The summed E-state index contributed by atoms with van der Waals surface area (Å²) in [4.78, 5) is 34.3. The van der Waals surface area contributed by atoms with Crippen LogP contribution in [-0.2, 0) is 18.8 Å². The summed E-state index contributed by atoms with van der Waals surface area (Å²) < 4.78 is 22.4. The highest BCUT2D eigenvalue weighted by molar-refractivity contribution is 6.52. The smallest absolute Gasteiger partial charge is 0.444 e.